The fourth-order valence-electron chi connectivity index (χ4n) is 4.26. The van der Waals surface area contributed by atoms with Gasteiger partial charge in [-0.25, -0.2) is 0 Å². The van der Waals surface area contributed by atoms with Crippen molar-refractivity contribution >= 4 is 11.8 Å². The molecule has 0 radical (unpaired) electrons. The zero-order valence-corrected chi connectivity index (χ0v) is 18.4. The molecule has 1 atom stereocenters. The number of amides is 2. The number of hydrogen-bond donors (Lipinski definition) is 0. The van der Waals surface area contributed by atoms with Crippen LogP contribution in [0.5, 0.6) is 5.75 Å². The van der Waals surface area contributed by atoms with Crippen molar-refractivity contribution in [2.45, 2.75) is 71.3 Å². The van der Waals surface area contributed by atoms with E-state index in [9.17, 15) is 9.59 Å². The number of rotatable bonds is 4. The Bertz CT molecular complexity index is 694. The molecule has 1 aromatic rings. The summed E-state index contributed by atoms with van der Waals surface area (Å²) in [5.41, 5.74) is 1.33. The second-order valence-electron chi connectivity index (χ2n) is 9.52. The van der Waals surface area contributed by atoms with Gasteiger partial charge in [0.25, 0.3) is 5.91 Å². The van der Waals surface area contributed by atoms with Gasteiger partial charge in [0.2, 0.25) is 5.91 Å². The third kappa shape index (κ3) is 5.52. The standard InChI is InChI=1S/C24H36N2O3/c1-18(29-21-10-8-20(9-11-21)24(2,3)4)22(27)26-16-12-19(13-17-26)23(28)25-14-6-5-7-15-25/h8-11,18-19H,5-7,12-17H2,1-4H3. The number of carbonyl (C=O) groups is 2. The summed E-state index contributed by atoms with van der Waals surface area (Å²) in [4.78, 5) is 29.4. The predicted molar refractivity (Wildman–Crippen MR) is 115 cm³/mol. The molecule has 0 bridgehead atoms. The van der Waals surface area contributed by atoms with Gasteiger partial charge in [-0.3, -0.25) is 9.59 Å². The van der Waals surface area contributed by atoms with Crippen molar-refractivity contribution in [1.29, 1.82) is 0 Å². The summed E-state index contributed by atoms with van der Waals surface area (Å²) in [5, 5.41) is 0. The highest BCUT2D eigenvalue weighted by molar-refractivity contribution is 5.82. The second-order valence-corrected chi connectivity index (χ2v) is 9.52. The van der Waals surface area contributed by atoms with Gasteiger partial charge < -0.3 is 14.5 Å². The molecule has 5 heteroatoms. The molecule has 2 fully saturated rings. The normalized spacial score (nSPS) is 19.7. The molecule has 160 valence electrons. The van der Waals surface area contributed by atoms with Crippen molar-refractivity contribution in [1.82, 2.24) is 9.80 Å². The molecule has 1 unspecified atom stereocenters. The first-order valence-electron chi connectivity index (χ1n) is 11.1. The van der Waals surface area contributed by atoms with Crippen molar-refractivity contribution in [3.63, 3.8) is 0 Å². The fraction of sp³-hybridized carbons (Fsp3) is 0.667. The Morgan fingerprint density at radius 2 is 1.52 bits per heavy atom. The molecule has 0 N–H and O–H groups in total. The number of likely N-dealkylation sites (tertiary alicyclic amines) is 2. The minimum Gasteiger partial charge on any atom is -0.481 e. The van der Waals surface area contributed by atoms with Crippen LogP contribution in [-0.4, -0.2) is 53.9 Å². The molecular formula is C24H36N2O3. The molecule has 29 heavy (non-hydrogen) atoms. The topological polar surface area (TPSA) is 49.9 Å². The fourth-order valence-corrected chi connectivity index (χ4v) is 4.26. The van der Waals surface area contributed by atoms with Crippen LogP contribution >= 0.6 is 0 Å². The molecule has 3 rings (SSSR count). The summed E-state index contributed by atoms with van der Waals surface area (Å²) in [7, 11) is 0. The molecule has 0 aliphatic carbocycles. The van der Waals surface area contributed by atoms with E-state index in [0.717, 1.165) is 38.8 Å². The minimum absolute atomic E-state index is 0.00812. The first-order valence-corrected chi connectivity index (χ1v) is 11.1. The molecular weight excluding hydrogens is 364 g/mol. The summed E-state index contributed by atoms with van der Waals surface area (Å²) >= 11 is 0. The van der Waals surface area contributed by atoms with Crippen LogP contribution in [0.25, 0.3) is 0 Å². The number of benzene rings is 1. The number of carbonyl (C=O) groups excluding carboxylic acids is 2. The monoisotopic (exact) mass is 400 g/mol. The van der Waals surface area contributed by atoms with Gasteiger partial charge in [-0.1, -0.05) is 32.9 Å². The van der Waals surface area contributed by atoms with E-state index in [1.165, 1.54) is 12.0 Å². The predicted octanol–water partition coefficient (Wildman–Crippen LogP) is 4.00. The zero-order valence-electron chi connectivity index (χ0n) is 18.4. The summed E-state index contributed by atoms with van der Waals surface area (Å²) < 4.78 is 5.90. The van der Waals surface area contributed by atoms with Crippen molar-refractivity contribution in [3.8, 4) is 5.75 Å². The molecule has 2 amide bonds. The lowest BCUT2D eigenvalue weighted by molar-refractivity contribution is -0.144. The molecule has 2 saturated heterocycles. The lowest BCUT2D eigenvalue weighted by Gasteiger charge is -2.36. The Morgan fingerprint density at radius 3 is 2.07 bits per heavy atom. The second kappa shape index (κ2) is 9.19. The maximum absolute atomic E-state index is 12.8. The van der Waals surface area contributed by atoms with Crippen LogP contribution in [0.2, 0.25) is 0 Å². The van der Waals surface area contributed by atoms with Crippen LogP contribution in [0.15, 0.2) is 24.3 Å². The highest BCUT2D eigenvalue weighted by Gasteiger charge is 2.32. The first kappa shape index (κ1) is 21.7. The van der Waals surface area contributed by atoms with Crippen molar-refractivity contribution in [2.24, 2.45) is 5.92 Å². The van der Waals surface area contributed by atoms with Crippen molar-refractivity contribution in [2.75, 3.05) is 26.2 Å². The van der Waals surface area contributed by atoms with E-state index in [1.807, 2.05) is 28.9 Å². The molecule has 2 aliphatic heterocycles. The Balaban J connectivity index is 1.49. The van der Waals surface area contributed by atoms with E-state index >= 15 is 0 Å². The summed E-state index contributed by atoms with van der Waals surface area (Å²) in [6.07, 6.45) is 4.46. The molecule has 5 nitrogen and oxygen atoms in total. The van der Waals surface area contributed by atoms with Crippen molar-refractivity contribution < 1.29 is 14.3 Å². The third-order valence-electron chi connectivity index (χ3n) is 6.20. The van der Waals surface area contributed by atoms with Crippen molar-refractivity contribution in [3.05, 3.63) is 29.8 Å². The van der Waals surface area contributed by atoms with Gasteiger partial charge in [-0.05, 0) is 62.1 Å². The molecule has 0 saturated carbocycles. The van der Waals surface area contributed by atoms with Crippen LogP contribution < -0.4 is 4.74 Å². The van der Waals surface area contributed by atoms with Gasteiger partial charge in [0.1, 0.15) is 5.75 Å². The summed E-state index contributed by atoms with van der Waals surface area (Å²) in [5.74, 6) is 1.08. The molecule has 0 spiro atoms. The van der Waals surface area contributed by atoms with E-state index in [4.69, 9.17) is 4.74 Å². The van der Waals surface area contributed by atoms with Gasteiger partial charge in [-0.2, -0.15) is 0 Å². The van der Waals surface area contributed by atoms with Gasteiger partial charge in [0, 0.05) is 32.1 Å². The van der Waals surface area contributed by atoms with E-state index in [1.54, 1.807) is 0 Å². The van der Waals surface area contributed by atoms with Gasteiger partial charge >= 0.3 is 0 Å². The SMILES string of the molecule is CC(Oc1ccc(C(C)(C)C)cc1)C(=O)N1CCC(C(=O)N2CCCCC2)CC1. The van der Waals surface area contributed by atoms with Gasteiger partial charge in [0.05, 0.1) is 0 Å². The average Bonchev–Trinajstić information content (AvgIpc) is 2.73. The number of nitrogens with zero attached hydrogens (tertiary/aromatic N) is 2. The lowest BCUT2D eigenvalue weighted by Crippen LogP contribution is -2.48. The molecule has 1 aromatic carbocycles. The number of hydrogen-bond acceptors (Lipinski definition) is 3. The summed E-state index contributed by atoms with van der Waals surface area (Å²) in [6, 6.07) is 8.00. The van der Waals surface area contributed by atoms with E-state index in [2.05, 4.69) is 32.9 Å². The van der Waals surface area contributed by atoms with Crippen LogP contribution in [0.4, 0.5) is 0 Å². The van der Waals surface area contributed by atoms with E-state index in [0.29, 0.717) is 24.7 Å². The Kier molecular flexibility index (Phi) is 6.86. The summed E-state index contributed by atoms with van der Waals surface area (Å²) in [6.45, 7) is 11.4. The van der Waals surface area contributed by atoms with Crippen LogP contribution in [0.3, 0.4) is 0 Å². The third-order valence-corrected chi connectivity index (χ3v) is 6.20. The largest absolute Gasteiger partial charge is 0.481 e. The molecule has 0 aromatic heterocycles. The maximum atomic E-state index is 12.8. The molecule has 2 heterocycles. The van der Waals surface area contributed by atoms with Crippen LogP contribution in [0, 0.1) is 5.92 Å². The highest BCUT2D eigenvalue weighted by atomic mass is 16.5. The smallest absolute Gasteiger partial charge is 0.263 e. The van der Waals surface area contributed by atoms with Gasteiger partial charge in [-0.15, -0.1) is 0 Å². The van der Waals surface area contributed by atoms with Crippen LogP contribution in [0.1, 0.15) is 65.4 Å². The quantitative estimate of drug-likeness (QED) is 0.767. The highest BCUT2D eigenvalue weighted by Crippen LogP contribution is 2.26. The van der Waals surface area contributed by atoms with Gasteiger partial charge in [0.15, 0.2) is 6.10 Å². The molecule has 2 aliphatic rings. The van der Waals surface area contributed by atoms with Crippen LogP contribution in [-0.2, 0) is 15.0 Å². The first-order chi connectivity index (χ1) is 13.8. The number of ether oxygens (including phenoxy) is 1. The Labute approximate surface area is 175 Å². The Morgan fingerprint density at radius 1 is 0.931 bits per heavy atom. The zero-order chi connectivity index (χ0) is 21.0. The average molecular weight is 401 g/mol. The lowest BCUT2D eigenvalue weighted by atomic mass is 9.87. The maximum Gasteiger partial charge on any atom is 0.263 e. The Hall–Kier alpha value is -2.04. The number of piperidine rings is 2. The van der Waals surface area contributed by atoms with E-state index < -0.39 is 6.10 Å². The van der Waals surface area contributed by atoms with E-state index in [-0.39, 0.29) is 17.2 Å². The minimum atomic E-state index is -0.523.